The van der Waals surface area contributed by atoms with E-state index in [9.17, 15) is 14.4 Å². The first kappa shape index (κ1) is 24.2. The van der Waals surface area contributed by atoms with Crippen molar-refractivity contribution in [2.24, 2.45) is 0 Å². The third-order valence-corrected chi connectivity index (χ3v) is 6.85. The maximum absolute atomic E-state index is 12.8. The molecule has 1 aliphatic rings. The van der Waals surface area contributed by atoms with E-state index in [1.165, 1.54) is 11.5 Å². The molecule has 180 valence electrons. The lowest BCUT2D eigenvalue weighted by molar-refractivity contribution is -0.123. The van der Waals surface area contributed by atoms with Crippen molar-refractivity contribution in [2.75, 3.05) is 6.61 Å². The molecule has 0 saturated heterocycles. The number of hydrogen-bond acceptors (Lipinski definition) is 6. The van der Waals surface area contributed by atoms with E-state index in [2.05, 4.69) is 34.3 Å². The Morgan fingerprint density at radius 3 is 2.31 bits per heavy atom. The molecule has 0 radical (unpaired) electrons. The Hall–Kier alpha value is -3.98. The number of aromatic nitrogens is 1. The predicted octanol–water partition coefficient (Wildman–Crippen LogP) is 4.50. The van der Waals surface area contributed by atoms with Crippen LogP contribution in [0.25, 0.3) is 11.1 Å². The molecule has 3 aromatic rings. The predicted molar refractivity (Wildman–Crippen MR) is 132 cm³/mol. The topological polar surface area (TPSA) is 118 Å². The number of nitrogens with one attached hydrogen (secondary N) is 2. The zero-order valence-electron chi connectivity index (χ0n) is 19.1. The van der Waals surface area contributed by atoms with Crippen molar-refractivity contribution >= 4 is 29.3 Å². The normalized spacial score (nSPS) is 13.7. The highest BCUT2D eigenvalue weighted by molar-refractivity contribution is 7.09. The van der Waals surface area contributed by atoms with Gasteiger partial charge < -0.3 is 20.5 Å². The SMILES string of the molecule is C=CCC(NC(=O)OCC1c2ccccc2-c2ccccc21)C(=O)NC(C)c1nc(C(=O)O)cs1. The minimum atomic E-state index is -1.13. The second kappa shape index (κ2) is 10.5. The maximum atomic E-state index is 12.8. The molecule has 9 heteroatoms. The molecular formula is C26H25N3O5S. The minimum absolute atomic E-state index is 0.0782. The second-order valence-corrected chi connectivity index (χ2v) is 9.04. The van der Waals surface area contributed by atoms with Crippen LogP contribution in [0.4, 0.5) is 4.79 Å². The molecule has 2 aromatic carbocycles. The summed E-state index contributed by atoms with van der Waals surface area (Å²) in [7, 11) is 0. The van der Waals surface area contributed by atoms with Gasteiger partial charge in [-0.05, 0) is 35.6 Å². The third kappa shape index (κ3) is 5.25. The second-order valence-electron chi connectivity index (χ2n) is 8.15. The zero-order chi connectivity index (χ0) is 24.9. The molecule has 0 saturated carbocycles. The van der Waals surface area contributed by atoms with Crippen LogP contribution in [-0.4, -0.2) is 40.7 Å². The quantitative estimate of drug-likeness (QED) is 0.379. The number of carbonyl (C=O) groups is 3. The number of nitrogens with zero attached hydrogens (tertiary/aromatic N) is 1. The average Bonchev–Trinajstić information content (AvgIpc) is 3.46. The average molecular weight is 492 g/mol. The summed E-state index contributed by atoms with van der Waals surface area (Å²) in [5.74, 6) is -1.67. The lowest BCUT2D eigenvalue weighted by atomic mass is 9.98. The highest BCUT2D eigenvalue weighted by Gasteiger charge is 2.30. The van der Waals surface area contributed by atoms with Gasteiger partial charge in [0.25, 0.3) is 0 Å². The van der Waals surface area contributed by atoms with Crippen LogP contribution < -0.4 is 10.6 Å². The highest BCUT2D eigenvalue weighted by atomic mass is 32.1. The molecule has 0 bridgehead atoms. The summed E-state index contributed by atoms with van der Waals surface area (Å²) in [4.78, 5) is 40.5. The smallest absolute Gasteiger partial charge is 0.407 e. The van der Waals surface area contributed by atoms with Crippen LogP contribution in [0, 0.1) is 0 Å². The van der Waals surface area contributed by atoms with Gasteiger partial charge >= 0.3 is 12.1 Å². The molecule has 0 fully saturated rings. The van der Waals surface area contributed by atoms with Crippen molar-refractivity contribution < 1.29 is 24.2 Å². The molecule has 2 atom stereocenters. The van der Waals surface area contributed by atoms with Gasteiger partial charge in [-0.3, -0.25) is 4.79 Å². The number of carbonyl (C=O) groups excluding carboxylic acids is 2. The van der Waals surface area contributed by atoms with Gasteiger partial charge in [0.1, 0.15) is 17.7 Å². The Labute approximate surface area is 206 Å². The van der Waals surface area contributed by atoms with Crippen molar-refractivity contribution in [1.29, 1.82) is 0 Å². The molecule has 35 heavy (non-hydrogen) atoms. The van der Waals surface area contributed by atoms with Gasteiger partial charge in [0, 0.05) is 11.3 Å². The molecule has 1 aromatic heterocycles. The van der Waals surface area contributed by atoms with Gasteiger partial charge in [0.15, 0.2) is 5.69 Å². The molecule has 0 spiro atoms. The van der Waals surface area contributed by atoms with Crippen LogP contribution in [-0.2, 0) is 9.53 Å². The number of carboxylic acid groups (broad SMARTS) is 1. The Balaban J connectivity index is 1.38. The van der Waals surface area contributed by atoms with Gasteiger partial charge in [-0.25, -0.2) is 14.6 Å². The van der Waals surface area contributed by atoms with Crippen LogP contribution >= 0.6 is 11.3 Å². The summed E-state index contributed by atoms with van der Waals surface area (Å²) >= 11 is 1.14. The first-order chi connectivity index (χ1) is 16.9. The number of aromatic carboxylic acids is 1. The largest absolute Gasteiger partial charge is 0.476 e. The van der Waals surface area contributed by atoms with Gasteiger partial charge in [-0.1, -0.05) is 54.6 Å². The van der Waals surface area contributed by atoms with Crippen molar-refractivity contribution in [3.8, 4) is 11.1 Å². The van der Waals surface area contributed by atoms with E-state index in [1.54, 1.807) is 6.92 Å². The number of ether oxygens (including phenoxy) is 1. The molecule has 2 unspecified atom stereocenters. The summed E-state index contributed by atoms with van der Waals surface area (Å²) in [6, 6.07) is 14.6. The van der Waals surface area contributed by atoms with Crippen molar-refractivity contribution in [3.05, 3.63) is 88.4 Å². The van der Waals surface area contributed by atoms with E-state index in [0.717, 1.165) is 33.6 Å². The van der Waals surface area contributed by atoms with Crippen LogP contribution in [0.5, 0.6) is 0 Å². The number of thiazole rings is 1. The Morgan fingerprint density at radius 2 is 1.74 bits per heavy atom. The summed E-state index contributed by atoms with van der Waals surface area (Å²) in [5.41, 5.74) is 4.37. The number of benzene rings is 2. The van der Waals surface area contributed by atoms with Crippen LogP contribution in [0.2, 0.25) is 0 Å². The maximum Gasteiger partial charge on any atom is 0.407 e. The van der Waals surface area contributed by atoms with E-state index in [0.29, 0.717) is 5.01 Å². The molecule has 1 aliphatic carbocycles. The van der Waals surface area contributed by atoms with Gasteiger partial charge in [-0.15, -0.1) is 17.9 Å². The van der Waals surface area contributed by atoms with E-state index >= 15 is 0 Å². The summed E-state index contributed by atoms with van der Waals surface area (Å²) in [6.07, 6.45) is 1.02. The van der Waals surface area contributed by atoms with Crippen molar-refractivity contribution in [2.45, 2.75) is 31.3 Å². The molecule has 8 nitrogen and oxygen atoms in total. The van der Waals surface area contributed by atoms with Crippen molar-refractivity contribution in [1.82, 2.24) is 15.6 Å². The molecule has 1 heterocycles. The number of alkyl carbamates (subject to hydrolysis) is 1. The first-order valence-electron chi connectivity index (χ1n) is 11.1. The van der Waals surface area contributed by atoms with Crippen molar-refractivity contribution in [3.63, 3.8) is 0 Å². The van der Waals surface area contributed by atoms with Gasteiger partial charge in [-0.2, -0.15) is 0 Å². The standard InChI is InChI=1S/C26H25N3O5S/c1-3-8-21(23(30)27-15(2)24-28-22(14-35-24)25(31)32)29-26(33)34-13-20-18-11-6-4-9-16(18)17-10-5-7-12-19(17)20/h3-7,9-12,14-15,20-21H,1,8,13H2,2H3,(H,27,30)(H,29,33)(H,31,32). The monoisotopic (exact) mass is 491 g/mol. The number of amides is 2. The number of rotatable bonds is 9. The Kier molecular flexibility index (Phi) is 7.26. The van der Waals surface area contributed by atoms with E-state index in [-0.39, 0.29) is 24.6 Å². The van der Waals surface area contributed by atoms with E-state index in [4.69, 9.17) is 9.84 Å². The summed E-state index contributed by atoms with van der Waals surface area (Å²) < 4.78 is 5.55. The van der Waals surface area contributed by atoms with Crippen LogP contribution in [0.3, 0.4) is 0 Å². The van der Waals surface area contributed by atoms with Gasteiger partial charge in [0.2, 0.25) is 5.91 Å². The lowest BCUT2D eigenvalue weighted by Crippen LogP contribution is -2.47. The minimum Gasteiger partial charge on any atom is -0.476 e. The molecule has 2 amide bonds. The number of carboxylic acids is 1. The first-order valence-corrected chi connectivity index (χ1v) is 12.0. The fraction of sp³-hybridized carbons (Fsp3) is 0.231. The Morgan fingerprint density at radius 1 is 1.11 bits per heavy atom. The lowest BCUT2D eigenvalue weighted by Gasteiger charge is -2.20. The summed E-state index contributed by atoms with van der Waals surface area (Å²) in [5, 5.41) is 16.3. The summed E-state index contributed by atoms with van der Waals surface area (Å²) in [6.45, 7) is 5.49. The molecule has 3 N–H and O–H groups in total. The van der Waals surface area contributed by atoms with Crippen LogP contribution in [0.1, 0.15) is 51.9 Å². The van der Waals surface area contributed by atoms with Crippen LogP contribution in [0.15, 0.2) is 66.6 Å². The fourth-order valence-electron chi connectivity index (χ4n) is 4.14. The zero-order valence-corrected chi connectivity index (χ0v) is 19.9. The third-order valence-electron chi connectivity index (χ3n) is 5.82. The van der Waals surface area contributed by atoms with Gasteiger partial charge in [0.05, 0.1) is 6.04 Å². The number of hydrogen-bond donors (Lipinski definition) is 3. The fourth-order valence-corrected chi connectivity index (χ4v) is 4.94. The van der Waals surface area contributed by atoms with E-state index < -0.39 is 30.1 Å². The highest BCUT2D eigenvalue weighted by Crippen LogP contribution is 2.44. The number of fused-ring (bicyclic) bond motifs is 3. The van der Waals surface area contributed by atoms with E-state index in [1.807, 2.05) is 36.4 Å². The molecule has 4 rings (SSSR count). The molecule has 0 aliphatic heterocycles. The molecular weight excluding hydrogens is 466 g/mol. The Bertz CT molecular complexity index is 1230.